The minimum atomic E-state index is 0. The topological polar surface area (TPSA) is 42.9 Å². The maximum Gasteiger partial charge on any atom is 0.191 e. The van der Waals surface area contributed by atoms with Crippen LogP contribution in [0.5, 0.6) is 0 Å². The number of hydrogen-bond acceptors (Lipinski definition) is 3. The van der Waals surface area contributed by atoms with E-state index in [1.54, 1.807) is 0 Å². The van der Waals surface area contributed by atoms with Crippen molar-refractivity contribution in [2.75, 3.05) is 39.8 Å². The molecule has 0 amide bonds. The van der Waals surface area contributed by atoms with Gasteiger partial charge in [-0.25, -0.2) is 0 Å². The summed E-state index contributed by atoms with van der Waals surface area (Å²) >= 11 is 0. The molecule has 1 heterocycles. The van der Waals surface area contributed by atoms with Gasteiger partial charge in [-0.3, -0.25) is 14.8 Å². The summed E-state index contributed by atoms with van der Waals surface area (Å²) in [5.41, 5.74) is 2.70. The molecule has 0 aliphatic carbocycles. The number of rotatable bonds is 9. The molecule has 5 nitrogen and oxygen atoms in total. The van der Waals surface area contributed by atoms with Crippen LogP contribution in [0.25, 0.3) is 0 Å². The average molecular weight is 487 g/mol. The Labute approximate surface area is 183 Å². The summed E-state index contributed by atoms with van der Waals surface area (Å²) in [5.74, 6) is 0.867. The van der Waals surface area contributed by atoms with Gasteiger partial charge in [-0.15, -0.1) is 24.0 Å². The highest BCUT2D eigenvalue weighted by atomic mass is 127. The van der Waals surface area contributed by atoms with E-state index in [9.17, 15) is 0 Å². The first-order valence-electron chi connectivity index (χ1n) is 10.1. The van der Waals surface area contributed by atoms with Gasteiger partial charge in [0.25, 0.3) is 0 Å². The first-order chi connectivity index (χ1) is 12.6. The highest BCUT2D eigenvalue weighted by Gasteiger charge is 2.11. The molecule has 1 aromatic carbocycles. The molecule has 1 saturated heterocycles. The van der Waals surface area contributed by atoms with Crippen molar-refractivity contribution >= 4 is 29.9 Å². The van der Waals surface area contributed by atoms with Crippen LogP contribution in [0.1, 0.15) is 44.7 Å². The number of halogens is 1. The average Bonchev–Trinajstić information content (AvgIpc) is 3.15. The normalized spacial score (nSPS) is 15.3. The third kappa shape index (κ3) is 8.79. The molecular weight excluding hydrogens is 449 g/mol. The van der Waals surface area contributed by atoms with Crippen LogP contribution in [-0.2, 0) is 13.1 Å². The summed E-state index contributed by atoms with van der Waals surface area (Å²) in [6, 6.07) is 9.54. The molecule has 0 saturated carbocycles. The predicted octanol–water partition coefficient (Wildman–Crippen LogP) is 3.30. The van der Waals surface area contributed by atoms with Crippen LogP contribution in [0.4, 0.5) is 0 Å². The standard InChI is InChI=1S/C21H37N5.HI/c1-5-26(18(2)3)15-12-23-21(22-4)24-16-19-8-10-20(11-9-19)17-25-13-6-7-14-25;/h8-11,18H,5-7,12-17H2,1-4H3,(H2,22,23,24);1H. The van der Waals surface area contributed by atoms with Crippen molar-refractivity contribution in [3.05, 3.63) is 35.4 Å². The molecule has 0 bridgehead atoms. The maximum absolute atomic E-state index is 4.33. The third-order valence-electron chi connectivity index (χ3n) is 5.14. The Morgan fingerprint density at radius 1 is 1.11 bits per heavy atom. The van der Waals surface area contributed by atoms with Gasteiger partial charge in [0.15, 0.2) is 5.96 Å². The minimum Gasteiger partial charge on any atom is -0.355 e. The van der Waals surface area contributed by atoms with Crippen molar-refractivity contribution in [2.45, 2.75) is 52.7 Å². The van der Waals surface area contributed by atoms with Gasteiger partial charge in [0.1, 0.15) is 0 Å². The van der Waals surface area contributed by atoms with Gasteiger partial charge < -0.3 is 10.6 Å². The van der Waals surface area contributed by atoms with Crippen molar-refractivity contribution in [3.8, 4) is 0 Å². The quantitative estimate of drug-likeness (QED) is 0.319. The van der Waals surface area contributed by atoms with Gasteiger partial charge in [0.05, 0.1) is 0 Å². The lowest BCUT2D eigenvalue weighted by Crippen LogP contribution is -2.42. The van der Waals surface area contributed by atoms with E-state index in [-0.39, 0.29) is 24.0 Å². The summed E-state index contributed by atoms with van der Waals surface area (Å²) < 4.78 is 0. The zero-order chi connectivity index (χ0) is 18.8. The highest BCUT2D eigenvalue weighted by Crippen LogP contribution is 2.13. The third-order valence-corrected chi connectivity index (χ3v) is 5.14. The second-order valence-electron chi connectivity index (χ2n) is 7.37. The van der Waals surface area contributed by atoms with Crippen LogP contribution in [-0.4, -0.2) is 61.6 Å². The first-order valence-corrected chi connectivity index (χ1v) is 10.1. The van der Waals surface area contributed by atoms with Crippen molar-refractivity contribution < 1.29 is 0 Å². The summed E-state index contributed by atoms with van der Waals surface area (Å²) in [6.07, 6.45) is 2.70. The highest BCUT2D eigenvalue weighted by molar-refractivity contribution is 14.0. The van der Waals surface area contributed by atoms with Crippen LogP contribution >= 0.6 is 24.0 Å². The van der Waals surface area contributed by atoms with Crippen LogP contribution in [0, 0.1) is 0 Å². The molecule has 0 spiro atoms. The molecule has 0 radical (unpaired) electrons. The molecule has 1 aromatic rings. The number of nitrogens with one attached hydrogen (secondary N) is 2. The van der Waals surface area contributed by atoms with Crippen LogP contribution in [0.2, 0.25) is 0 Å². The molecule has 27 heavy (non-hydrogen) atoms. The van der Waals surface area contributed by atoms with Gasteiger partial charge in [-0.05, 0) is 57.5 Å². The fraction of sp³-hybridized carbons (Fsp3) is 0.667. The van der Waals surface area contributed by atoms with Gasteiger partial charge in [-0.2, -0.15) is 0 Å². The molecule has 2 rings (SSSR count). The van der Waals surface area contributed by atoms with E-state index in [4.69, 9.17) is 0 Å². The Bertz CT molecular complexity index is 538. The van der Waals surface area contributed by atoms with Crippen LogP contribution in [0.3, 0.4) is 0 Å². The number of likely N-dealkylation sites (tertiary alicyclic amines) is 1. The Balaban J connectivity index is 0.00000364. The van der Waals surface area contributed by atoms with Gasteiger partial charge in [0.2, 0.25) is 0 Å². The number of aliphatic imine (C=N–C) groups is 1. The molecule has 0 unspecified atom stereocenters. The molecule has 6 heteroatoms. The van der Waals surface area contributed by atoms with Crippen molar-refractivity contribution in [2.24, 2.45) is 4.99 Å². The van der Waals surface area contributed by atoms with Crippen molar-refractivity contribution in [3.63, 3.8) is 0 Å². The number of guanidine groups is 1. The zero-order valence-electron chi connectivity index (χ0n) is 17.5. The Morgan fingerprint density at radius 3 is 2.30 bits per heavy atom. The molecular formula is C21H38IN5. The number of hydrogen-bond donors (Lipinski definition) is 2. The number of likely N-dealkylation sites (N-methyl/N-ethyl adjacent to an activating group) is 1. The SMILES string of the molecule is CCN(CCNC(=NC)NCc1ccc(CN2CCCC2)cc1)C(C)C.I. The lowest BCUT2D eigenvalue weighted by Gasteiger charge is -2.25. The summed E-state index contributed by atoms with van der Waals surface area (Å²) in [4.78, 5) is 9.31. The minimum absolute atomic E-state index is 0. The number of benzene rings is 1. The first kappa shape index (κ1) is 24.2. The van der Waals surface area contributed by atoms with Gasteiger partial charge in [-0.1, -0.05) is 31.2 Å². The smallest absolute Gasteiger partial charge is 0.191 e. The van der Waals surface area contributed by atoms with E-state index in [0.717, 1.165) is 38.7 Å². The molecule has 0 atom stereocenters. The Morgan fingerprint density at radius 2 is 1.74 bits per heavy atom. The van der Waals surface area contributed by atoms with Gasteiger partial charge >= 0.3 is 0 Å². The van der Waals surface area contributed by atoms with E-state index >= 15 is 0 Å². The summed E-state index contributed by atoms with van der Waals surface area (Å²) in [7, 11) is 1.83. The molecule has 0 aromatic heterocycles. The molecule has 1 aliphatic heterocycles. The van der Waals surface area contributed by atoms with Crippen molar-refractivity contribution in [1.29, 1.82) is 0 Å². The Hall–Kier alpha value is -0.860. The zero-order valence-corrected chi connectivity index (χ0v) is 19.8. The summed E-state index contributed by atoms with van der Waals surface area (Å²) in [5, 5.41) is 6.82. The molecule has 154 valence electrons. The molecule has 1 aliphatic rings. The molecule has 2 N–H and O–H groups in total. The van der Waals surface area contributed by atoms with E-state index in [2.05, 4.69) is 70.5 Å². The van der Waals surface area contributed by atoms with E-state index < -0.39 is 0 Å². The van der Waals surface area contributed by atoms with Gasteiger partial charge in [0, 0.05) is 39.3 Å². The van der Waals surface area contributed by atoms with Crippen LogP contribution < -0.4 is 10.6 Å². The van der Waals surface area contributed by atoms with Crippen LogP contribution in [0.15, 0.2) is 29.3 Å². The predicted molar refractivity (Wildman–Crippen MR) is 127 cm³/mol. The monoisotopic (exact) mass is 487 g/mol. The van der Waals surface area contributed by atoms with Crippen molar-refractivity contribution in [1.82, 2.24) is 20.4 Å². The van der Waals surface area contributed by atoms with E-state index in [1.165, 1.54) is 37.1 Å². The summed E-state index contributed by atoms with van der Waals surface area (Å²) in [6.45, 7) is 14.1. The van der Waals surface area contributed by atoms with E-state index in [1.807, 2.05) is 7.05 Å². The second kappa shape index (κ2) is 13.3. The lowest BCUT2D eigenvalue weighted by atomic mass is 10.1. The fourth-order valence-corrected chi connectivity index (χ4v) is 3.47. The second-order valence-corrected chi connectivity index (χ2v) is 7.37. The lowest BCUT2D eigenvalue weighted by molar-refractivity contribution is 0.237. The molecule has 1 fully saturated rings. The van der Waals surface area contributed by atoms with E-state index in [0.29, 0.717) is 6.04 Å². The Kier molecular flexibility index (Phi) is 11.9. The largest absolute Gasteiger partial charge is 0.355 e. The fourth-order valence-electron chi connectivity index (χ4n) is 3.47. The number of nitrogens with zero attached hydrogens (tertiary/aromatic N) is 3. The maximum atomic E-state index is 4.33.